The van der Waals surface area contributed by atoms with E-state index in [9.17, 15) is 0 Å². The summed E-state index contributed by atoms with van der Waals surface area (Å²) in [7, 11) is 0. The van der Waals surface area contributed by atoms with Gasteiger partial charge in [0.15, 0.2) is 0 Å². The van der Waals surface area contributed by atoms with Gasteiger partial charge in [0.05, 0.1) is 12.4 Å². The molecule has 2 heteroatoms. The Morgan fingerprint density at radius 1 is 1.70 bits per heavy atom. The zero-order valence-corrected chi connectivity index (χ0v) is 6.01. The van der Waals surface area contributed by atoms with E-state index in [4.69, 9.17) is 9.47 Å². The van der Waals surface area contributed by atoms with Gasteiger partial charge in [-0.15, -0.1) is 0 Å². The zero-order valence-electron chi connectivity index (χ0n) is 6.01. The summed E-state index contributed by atoms with van der Waals surface area (Å²) in [6.45, 7) is 1.67. The van der Waals surface area contributed by atoms with Crippen LogP contribution in [-0.2, 0) is 9.47 Å². The molecule has 2 aliphatic rings. The van der Waals surface area contributed by atoms with Crippen LogP contribution < -0.4 is 0 Å². The van der Waals surface area contributed by atoms with Crippen LogP contribution in [0.25, 0.3) is 0 Å². The van der Waals surface area contributed by atoms with Gasteiger partial charge in [0.2, 0.25) is 0 Å². The van der Waals surface area contributed by atoms with E-state index >= 15 is 0 Å². The highest BCUT2D eigenvalue weighted by molar-refractivity contribution is 4.99. The number of allylic oxidation sites excluding steroid dienone is 2. The summed E-state index contributed by atoms with van der Waals surface area (Å²) in [5.41, 5.74) is 0. The van der Waals surface area contributed by atoms with Gasteiger partial charge in [-0.05, 0) is 18.9 Å². The lowest BCUT2D eigenvalue weighted by Gasteiger charge is -2.02. The van der Waals surface area contributed by atoms with E-state index in [2.05, 4.69) is 6.08 Å². The molecule has 2 nitrogen and oxygen atoms in total. The molecule has 2 rings (SSSR count). The van der Waals surface area contributed by atoms with Crippen LogP contribution in [0, 0.1) is 0 Å². The molecule has 0 saturated carbocycles. The van der Waals surface area contributed by atoms with Gasteiger partial charge >= 0.3 is 0 Å². The molecular formula is C8H12O2. The Kier molecular flexibility index (Phi) is 1.63. The third-order valence-corrected chi connectivity index (χ3v) is 1.86. The van der Waals surface area contributed by atoms with Crippen molar-refractivity contribution in [2.24, 2.45) is 0 Å². The predicted molar refractivity (Wildman–Crippen MR) is 37.6 cm³/mol. The van der Waals surface area contributed by atoms with Crippen LogP contribution in [0.2, 0.25) is 0 Å². The minimum absolute atomic E-state index is 0.404. The van der Waals surface area contributed by atoms with Crippen molar-refractivity contribution in [2.45, 2.75) is 25.4 Å². The third kappa shape index (κ3) is 1.51. The first-order valence-electron chi connectivity index (χ1n) is 3.88. The Morgan fingerprint density at radius 2 is 2.60 bits per heavy atom. The molecule has 1 atom stereocenters. The molecule has 1 saturated heterocycles. The fraction of sp³-hybridized carbons (Fsp3) is 0.750. The van der Waals surface area contributed by atoms with Crippen molar-refractivity contribution in [3.8, 4) is 0 Å². The topological polar surface area (TPSA) is 21.8 Å². The van der Waals surface area contributed by atoms with Crippen LogP contribution in [0.4, 0.5) is 0 Å². The van der Waals surface area contributed by atoms with Crippen LogP contribution in [0.3, 0.4) is 0 Å². The summed E-state index contributed by atoms with van der Waals surface area (Å²) in [6.07, 6.45) is 6.18. The molecule has 0 aromatic heterocycles. The normalized spacial score (nSPS) is 30.0. The highest BCUT2D eigenvalue weighted by Crippen LogP contribution is 2.20. The molecule has 0 bridgehead atoms. The second-order valence-electron chi connectivity index (χ2n) is 2.83. The van der Waals surface area contributed by atoms with E-state index in [0.717, 1.165) is 19.6 Å². The number of rotatable bonds is 3. The molecule has 0 radical (unpaired) electrons. The predicted octanol–water partition coefficient (Wildman–Crippen LogP) is 1.47. The van der Waals surface area contributed by atoms with Crippen LogP contribution in [-0.4, -0.2) is 19.3 Å². The first kappa shape index (κ1) is 6.23. The largest absolute Gasteiger partial charge is 0.495 e. The molecule has 1 aliphatic heterocycles. The minimum Gasteiger partial charge on any atom is -0.495 e. The molecular weight excluding hydrogens is 128 g/mol. The zero-order chi connectivity index (χ0) is 6.81. The van der Waals surface area contributed by atoms with E-state index in [1.54, 1.807) is 0 Å². The van der Waals surface area contributed by atoms with E-state index in [1.807, 2.05) is 0 Å². The molecule has 0 N–H and O–H groups in total. The molecule has 1 heterocycles. The Morgan fingerprint density at radius 3 is 3.20 bits per heavy atom. The molecule has 56 valence electrons. The van der Waals surface area contributed by atoms with Gasteiger partial charge in [0.25, 0.3) is 0 Å². The van der Waals surface area contributed by atoms with Crippen LogP contribution in [0.15, 0.2) is 11.8 Å². The quantitative estimate of drug-likeness (QED) is 0.554. The summed E-state index contributed by atoms with van der Waals surface area (Å²) in [6, 6.07) is 0. The average Bonchev–Trinajstić information content (AvgIpc) is 2.63. The molecule has 0 aromatic rings. The summed E-state index contributed by atoms with van der Waals surface area (Å²) < 4.78 is 10.5. The smallest absolute Gasteiger partial charge is 0.116 e. The molecule has 0 aromatic carbocycles. The van der Waals surface area contributed by atoms with Crippen LogP contribution in [0.5, 0.6) is 0 Å². The number of epoxide rings is 1. The lowest BCUT2D eigenvalue weighted by Crippen LogP contribution is -1.99. The van der Waals surface area contributed by atoms with E-state index in [0.29, 0.717) is 6.10 Å². The van der Waals surface area contributed by atoms with Crippen molar-refractivity contribution in [1.29, 1.82) is 0 Å². The van der Waals surface area contributed by atoms with Crippen molar-refractivity contribution in [3.05, 3.63) is 11.8 Å². The van der Waals surface area contributed by atoms with Gasteiger partial charge in [-0.3, -0.25) is 0 Å². The second kappa shape index (κ2) is 2.62. The van der Waals surface area contributed by atoms with E-state index < -0.39 is 0 Å². The number of hydrogen-bond donors (Lipinski definition) is 0. The maximum Gasteiger partial charge on any atom is 0.116 e. The van der Waals surface area contributed by atoms with Crippen LogP contribution >= 0.6 is 0 Å². The van der Waals surface area contributed by atoms with Gasteiger partial charge < -0.3 is 9.47 Å². The first-order chi connectivity index (χ1) is 4.95. The van der Waals surface area contributed by atoms with Crippen molar-refractivity contribution in [1.82, 2.24) is 0 Å². The van der Waals surface area contributed by atoms with Crippen molar-refractivity contribution >= 4 is 0 Å². The van der Waals surface area contributed by atoms with Crippen molar-refractivity contribution in [3.63, 3.8) is 0 Å². The fourth-order valence-corrected chi connectivity index (χ4v) is 1.14. The van der Waals surface area contributed by atoms with E-state index in [-0.39, 0.29) is 0 Å². The summed E-state index contributed by atoms with van der Waals surface area (Å²) in [4.78, 5) is 0. The molecule has 0 amide bonds. The first-order valence-corrected chi connectivity index (χ1v) is 3.88. The van der Waals surface area contributed by atoms with Gasteiger partial charge in [-0.25, -0.2) is 0 Å². The van der Waals surface area contributed by atoms with Crippen molar-refractivity contribution < 1.29 is 9.47 Å². The van der Waals surface area contributed by atoms with E-state index in [1.165, 1.54) is 18.6 Å². The highest BCUT2D eigenvalue weighted by atomic mass is 16.6. The van der Waals surface area contributed by atoms with Crippen molar-refractivity contribution in [2.75, 3.05) is 13.2 Å². The van der Waals surface area contributed by atoms with Gasteiger partial charge in [-0.2, -0.15) is 0 Å². The van der Waals surface area contributed by atoms with Crippen LogP contribution in [0.1, 0.15) is 19.3 Å². The summed E-state index contributed by atoms with van der Waals surface area (Å²) in [5, 5.41) is 0. The fourth-order valence-electron chi connectivity index (χ4n) is 1.14. The Bertz CT molecular complexity index is 147. The standard InChI is InChI=1S/C8H12O2/c1-2-4-7(3-1)9-5-8-6-10-8/h3,8H,1-2,4-6H2. The Hall–Kier alpha value is -0.500. The number of hydrogen-bond acceptors (Lipinski definition) is 2. The monoisotopic (exact) mass is 140 g/mol. The molecule has 1 unspecified atom stereocenters. The Balaban J connectivity index is 1.68. The summed E-state index contributed by atoms with van der Waals surface area (Å²) >= 11 is 0. The maximum absolute atomic E-state index is 5.46. The van der Waals surface area contributed by atoms with Gasteiger partial charge in [0.1, 0.15) is 12.7 Å². The second-order valence-corrected chi connectivity index (χ2v) is 2.83. The molecule has 1 aliphatic carbocycles. The lowest BCUT2D eigenvalue weighted by molar-refractivity contribution is 0.178. The molecule has 10 heavy (non-hydrogen) atoms. The Labute approximate surface area is 60.8 Å². The van der Waals surface area contributed by atoms with Gasteiger partial charge in [0, 0.05) is 6.42 Å². The molecule has 0 spiro atoms. The third-order valence-electron chi connectivity index (χ3n) is 1.86. The summed E-state index contributed by atoms with van der Waals surface area (Å²) in [5.74, 6) is 1.18. The molecule has 1 fully saturated rings. The average molecular weight is 140 g/mol. The lowest BCUT2D eigenvalue weighted by atomic mass is 10.4. The van der Waals surface area contributed by atoms with Gasteiger partial charge in [-0.1, -0.05) is 0 Å². The number of ether oxygens (including phenoxy) is 2. The SMILES string of the molecule is C1=C(OCC2CO2)CCC1. The minimum atomic E-state index is 0.404. The highest BCUT2D eigenvalue weighted by Gasteiger charge is 2.23. The maximum atomic E-state index is 5.46.